The number of hydrogen-bond acceptors (Lipinski definition) is 3. The molecular weight excluding hydrogens is 223 g/mol. The van der Waals surface area contributed by atoms with Gasteiger partial charge in [-0.05, 0) is 18.1 Å². The Hall–Kier alpha value is -1.30. The second kappa shape index (κ2) is 5.16. The van der Waals surface area contributed by atoms with Crippen LogP contribution in [0.4, 0.5) is 13.2 Å². The van der Waals surface area contributed by atoms with Crippen molar-refractivity contribution in [3.8, 4) is 5.88 Å². The fraction of sp³-hybridized carbons (Fsp3) is 0.500. The van der Waals surface area contributed by atoms with Crippen LogP contribution in [0, 0.1) is 0 Å². The van der Waals surface area contributed by atoms with E-state index in [0.717, 1.165) is 0 Å². The molecule has 1 unspecified atom stereocenters. The molecule has 3 nitrogen and oxygen atoms in total. The van der Waals surface area contributed by atoms with E-state index in [0.29, 0.717) is 12.0 Å². The van der Waals surface area contributed by atoms with Crippen molar-refractivity contribution in [3.63, 3.8) is 0 Å². The zero-order chi connectivity index (χ0) is 12.2. The minimum absolute atomic E-state index is 0.107. The number of aromatic nitrogens is 1. The first kappa shape index (κ1) is 12.8. The first-order valence-corrected chi connectivity index (χ1v) is 4.76. The van der Waals surface area contributed by atoms with Gasteiger partial charge in [0, 0.05) is 12.3 Å². The number of halogens is 3. The standard InChI is InChI=1S/C10H12F3NO2/c1-2-8(15)7-3-4-9(14-5-7)16-6-10(11,12)13/h3-5,8,15H,2,6H2,1H3. The number of pyridine rings is 1. The largest absolute Gasteiger partial charge is 0.468 e. The maximum absolute atomic E-state index is 11.8. The quantitative estimate of drug-likeness (QED) is 0.871. The lowest BCUT2D eigenvalue weighted by Crippen LogP contribution is -2.19. The van der Waals surface area contributed by atoms with Crippen LogP contribution in [-0.2, 0) is 0 Å². The van der Waals surface area contributed by atoms with E-state index in [4.69, 9.17) is 0 Å². The van der Waals surface area contributed by atoms with Crippen molar-refractivity contribution in [1.29, 1.82) is 0 Å². The highest BCUT2D eigenvalue weighted by atomic mass is 19.4. The van der Waals surface area contributed by atoms with Crippen molar-refractivity contribution in [1.82, 2.24) is 4.98 Å². The third-order valence-electron chi connectivity index (χ3n) is 1.91. The molecule has 0 aliphatic rings. The number of aliphatic hydroxyl groups excluding tert-OH is 1. The SMILES string of the molecule is CCC(O)c1ccc(OCC(F)(F)F)nc1. The summed E-state index contributed by atoms with van der Waals surface area (Å²) in [7, 11) is 0. The van der Waals surface area contributed by atoms with Crippen molar-refractivity contribution in [3.05, 3.63) is 23.9 Å². The van der Waals surface area contributed by atoms with Crippen LogP contribution in [0.15, 0.2) is 18.3 Å². The highest BCUT2D eigenvalue weighted by Crippen LogP contribution is 2.19. The summed E-state index contributed by atoms with van der Waals surface area (Å²) in [4.78, 5) is 3.67. The molecule has 0 saturated heterocycles. The van der Waals surface area contributed by atoms with Gasteiger partial charge in [0.25, 0.3) is 0 Å². The summed E-state index contributed by atoms with van der Waals surface area (Å²) in [6.07, 6.45) is -3.20. The van der Waals surface area contributed by atoms with Gasteiger partial charge >= 0.3 is 6.18 Å². The molecule has 0 fully saturated rings. The number of hydrogen-bond donors (Lipinski definition) is 1. The number of aliphatic hydroxyl groups is 1. The fourth-order valence-corrected chi connectivity index (χ4v) is 1.07. The summed E-state index contributed by atoms with van der Waals surface area (Å²) in [6.45, 7) is 0.425. The molecule has 90 valence electrons. The van der Waals surface area contributed by atoms with E-state index >= 15 is 0 Å². The Kier molecular flexibility index (Phi) is 4.12. The highest BCUT2D eigenvalue weighted by Gasteiger charge is 2.28. The lowest BCUT2D eigenvalue weighted by molar-refractivity contribution is -0.154. The maximum atomic E-state index is 11.8. The molecule has 0 aromatic carbocycles. The van der Waals surface area contributed by atoms with Crippen LogP contribution in [0.5, 0.6) is 5.88 Å². The second-order valence-electron chi connectivity index (χ2n) is 3.26. The minimum atomic E-state index is -4.37. The number of alkyl halides is 3. The van der Waals surface area contributed by atoms with Crippen LogP contribution in [0.1, 0.15) is 25.0 Å². The van der Waals surface area contributed by atoms with E-state index in [1.807, 2.05) is 0 Å². The molecule has 1 aromatic rings. The van der Waals surface area contributed by atoms with Gasteiger partial charge in [0.1, 0.15) is 0 Å². The van der Waals surface area contributed by atoms with Gasteiger partial charge in [-0.25, -0.2) is 4.98 Å². The van der Waals surface area contributed by atoms with Crippen molar-refractivity contribution in [2.75, 3.05) is 6.61 Å². The van der Waals surface area contributed by atoms with Crippen molar-refractivity contribution >= 4 is 0 Å². The molecule has 1 N–H and O–H groups in total. The molecule has 1 rings (SSSR count). The molecule has 6 heteroatoms. The maximum Gasteiger partial charge on any atom is 0.422 e. The highest BCUT2D eigenvalue weighted by molar-refractivity contribution is 5.19. The van der Waals surface area contributed by atoms with Crippen LogP contribution >= 0.6 is 0 Å². The molecule has 0 aliphatic heterocycles. The van der Waals surface area contributed by atoms with Crippen molar-refractivity contribution < 1.29 is 23.0 Å². The molecule has 1 atom stereocenters. The van der Waals surface area contributed by atoms with Gasteiger partial charge in [-0.3, -0.25) is 0 Å². The predicted octanol–water partition coefficient (Wildman–Crippen LogP) is 2.47. The van der Waals surface area contributed by atoms with Gasteiger partial charge in [-0.1, -0.05) is 6.92 Å². The first-order chi connectivity index (χ1) is 7.42. The van der Waals surface area contributed by atoms with E-state index in [2.05, 4.69) is 9.72 Å². The van der Waals surface area contributed by atoms with Crippen LogP contribution in [-0.4, -0.2) is 22.9 Å². The van der Waals surface area contributed by atoms with Crippen molar-refractivity contribution in [2.45, 2.75) is 25.6 Å². The molecule has 0 bridgehead atoms. The molecule has 16 heavy (non-hydrogen) atoms. The fourth-order valence-electron chi connectivity index (χ4n) is 1.07. The van der Waals surface area contributed by atoms with Gasteiger partial charge in [0.15, 0.2) is 6.61 Å². The summed E-state index contributed by atoms with van der Waals surface area (Å²) in [5.41, 5.74) is 0.557. The Morgan fingerprint density at radius 3 is 2.56 bits per heavy atom. The second-order valence-corrected chi connectivity index (χ2v) is 3.26. The summed E-state index contributed by atoms with van der Waals surface area (Å²) < 4.78 is 39.9. The third kappa shape index (κ3) is 4.06. The lowest BCUT2D eigenvalue weighted by atomic mass is 10.1. The van der Waals surface area contributed by atoms with Gasteiger partial charge in [-0.15, -0.1) is 0 Å². The Labute approximate surface area is 90.9 Å². The average Bonchev–Trinajstić information content (AvgIpc) is 2.25. The summed E-state index contributed by atoms with van der Waals surface area (Å²) in [5, 5.41) is 9.42. The Morgan fingerprint density at radius 1 is 1.44 bits per heavy atom. The first-order valence-electron chi connectivity index (χ1n) is 4.76. The smallest absolute Gasteiger partial charge is 0.422 e. The minimum Gasteiger partial charge on any atom is -0.468 e. The third-order valence-corrected chi connectivity index (χ3v) is 1.91. The van der Waals surface area contributed by atoms with Crippen LogP contribution in [0.3, 0.4) is 0 Å². The van der Waals surface area contributed by atoms with Gasteiger partial charge in [-0.2, -0.15) is 13.2 Å². The summed E-state index contributed by atoms with van der Waals surface area (Å²) in [5.74, 6) is -0.107. The zero-order valence-electron chi connectivity index (χ0n) is 8.66. The Morgan fingerprint density at radius 2 is 2.12 bits per heavy atom. The van der Waals surface area contributed by atoms with E-state index in [1.165, 1.54) is 18.3 Å². The van der Waals surface area contributed by atoms with Gasteiger partial charge < -0.3 is 9.84 Å². The molecular formula is C10H12F3NO2. The number of rotatable bonds is 4. The summed E-state index contributed by atoms with van der Waals surface area (Å²) >= 11 is 0. The molecule has 0 aliphatic carbocycles. The topological polar surface area (TPSA) is 42.4 Å². The molecule has 0 spiro atoms. The van der Waals surface area contributed by atoms with Gasteiger partial charge in [0.05, 0.1) is 6.10 Å². The van der Waals surface area contributed by atoms with Crippen molar-refractivity contribution in [2.24, 2.45) is 0 Å². The Bertz CT molecular complexity index is 324. The molecule has 1 aromatic heterocycles. The molecule has 0 saturated carbocycles. The van der Waals surface area contributed by atoms with Crippen LogP contribution in [0.25, 0.3) is 0 Å². The van der Waals surface area contributed by atoms with Crippen LogP contribution in [0.2, 0.25) is 0 Å². The molecule has 0 radical (unpaired) electrons. The molecule has 0 amide bonds. The molecule has 1 heterocycles. The summed E-state index contributed by atoms with van der Waals surface area (Å²) in [6, 6.07) is 2.80. The van der Waals surface area contributed by atoms with Gasteiger partial charge in [0.2, 0.25) is 5.88 Å². The van der Waals surface area contributed by atoms with Crippen LogP contribution < -0.4 is 4.74 Å². The number of ether oxygens (including phenoxy) is 1. The van der Waals surface area contributed by atoms with E-state index < -0.39 is 18.9 Å². The zero-order valence-corrected chi connectivity index (χ0v) is 8.66. The van der Waals surface area contributed by atoms with E-state index in [-0.39, 0.29) is 5.88 Å². The van der Waals surface area contributed by atoms with E-state index in [9.17, 15) is 18.3 Å². The normalized spacial score (nSPS) is 13.6. The Balaban J connectivity index is 2.58. The predicted molar refractivity (Wildman–Crippen MR) is 51.0 cm³/mol. The van der Waals surface area contributed by atoms with E-state index in [1.54, 1.807) is 6.92 Å². The lowest BCUT2D eigenvalue weighted by Gasteiger charge is -2.10. The monoisotopic (exact) mass is 235 g/mol. The number of nitrogens with zero attached hydrogens (tertiary/aromatic N) is 1. The average molecular weight is 235 g/mol.